The number of carbonyl (C=O) groups is 1. The fourth-order valence-corrected chi connectivity index (χ4v) is 4.68. The van der Waals surface area contributed by atoms with Crippen molar-refractivity contribution in [1.29, 1.82) is 0 Å². The second-order valence-electron chi connectivity index (χ2n) is 9.19. The number of methoxy groups -OCH3 is 1. The molecule has 0 saturated carbocycles. The Kier molecular flexibility index (Phi) is 6.64. The van der Waals surface area contributed by atoms with Crippen LogP contribution in [0.1, 0.15) is 34.6 Å². The topological polar surface area (TPSA) is 66.0 Å². The van der Waals surface area contributed by atoms with E-state index in [9.17, 15) is 4.79 Å². The molecule has 3 aromatic rings. The lowest BCUT2D eigenvalue weighted by atomic mass is 9.92. The zero-order valence-corrected chi connectivity index (χ0v) is 20.4. The lowest BCUT2D eigenvalue weighted by molar-refractivity contribution is -0.141. The number of carbonyl (C=O) groups excluding carboxylic acids is 1. The molecule has 3 aromatic carbocycles. The van der Waals surface area contributed by atoms with Crippen molar-refractivity contribution in [2.24, 2.45) is 0 Å². The minimum absolute atomic E-state index is 0.0132. The van der Waals surface area contributed by atoms with Gasteiger partial charge in [0, 0.05) is 30.6 Å². The standard InChI is InChI=1S/C29H31NO5/c1-18-25(20-7-5-4-6-8-20)13-27(35-23-14-30-15-23)19(2)26(18)17-33-22-9-10-24-21(11-29(31)32-3)16-34-28(24)12-22/h4-10,12-13,21,23,30H,11,14-17H2,1-3H3/t21-/m1/s1. The molecular weight excluding hydrogens is 442 g/mol. The van der Waals surface area contributed by atoms with Gasteiger partial charge < -0.3 is 24.3 Å². The van der Waals surface area contributed by atoms with E-state index in [0.29, 0.717) is 19.6 Å². The molecule has 0 aromatic heterocycles. The number of rotatable bonds is 8. The van der Waals surface area contributed by atoms with Crippen molar-refractivity contribution in [1.82, 2.24) is 5.32 Å². The number of ether oxygens (including phenoxy) is 4. The molecular formula is C29H31NO5. The normalized spacial score (nSPS) is 16.7. The van der Waals surface area contributed by atoms with Crippen LogP contribution in [-0.2, 0) is 16.1 Å². The lowest BCUT2D eigenvalue weighted by Crippen LogP contribution is -2.50. The highest BCUT2D eigenvalue weighted by atomic mass is 16.5. The van der Waals surface area contributed by atoms with Crippen molar-refractivity contribution < 1.29 is 23.7 Å². The fraction of sp³-hybridized carbons (Fsp3) is 0.345. The molecule has 0 unspecified atom stereocenters. The summed E-state index contributed by atoms with van der Waals surface area (Å²) < 4.78 is 23.3. The highest BCUT2D eigenvalue weighted by Gasteiger charge is 2.27. The largest absolute Gasteiger partial charge is 0.492 e. The van der Waals surface area contributed by atoms with E-state index in [2.05, 4.69) is 49.5 Å². The van der Waals surface area contributed by atoms with Crippen LogP contribution in [0, 0.1) is 13.8 Å². The molecule has 1 atom stereocenters. The summed E-state index contributed by atoms with van der Waals surface area (Å²) in [4.78, 5) is 11.7. The van der Waals surface area contributed by atoms with E-state index in [1.807, 2.05) is 24.3 Å². The Hall–Kier alpha value is -3.51. The summed E-state index contributed by atoms with van der Waals surface area (Å²) in [6.07, 6.45) is 0.508. The van der Waals surface area contributed by atoms with Crippen LogP contribution in [0.25, 0.3) is 11.1 Å². The van der Waals surface area contributed by atoms with Crippen LogP contribution in [0.4, 0.5) is 0 Å². The van der Waals surface area contributed by atoms with Gasteiger partial charge in [0.15, 0.2) is 0 Å². The SMILES string of the molecule is COC(=O)C[C@@H]1COc2cc(OCc3c(C)c(OC4CNC4)cc(-c4ccccc4)c3C)ccc21. The number of esters is 1. The first-order valence-electron chi connectivity index (χ1n) is 12.1. The van der Waals surface area contributed by atoms with E-state index in [-0.39, 0.29) is 18.0 Å². The summed E-state index contributed by atoms with van der Waals surface area (Å²) in [7, 11) is 1.41. The number of hydrogen-bond donors (Lipinski definition) is 1. The van der Waals surface area contributed by atoms with Gasteiger partial charge in [-0.2, -0.15) is 0 Å². The molecule has 2 aliphatic rings. The molecule has 0 aliphatic carbocycles. The Morgan fingerprint density at radius 1 is 1.06 bits per heavy atom. The highest BCUT2D eigenvalue weighted by molar-refractivity contribution is 5.72. The summed E-state index contributed by atoms with van der Waals surface area (Å²) in [5, 5.41) is 3.27. The van der Waals surface area contributed by atoms with Crippen molar-refractivity contribution in [2.45, 2.75) is 38.9 Å². The Morgan fingerprint density at radius 3 is 2.57 bits per heavy atom. The highest BCUT2D eigenvalue weighted by Crippen LogP contribution is 2.39. The minimum Gasteiger partial charge on any atom is -0.492 e. The second-order valence-corrected chi connectivity index (χ2v) is 9.19. The first-order chi connectivity index (χ1) is 17.0. The number of fused-ring (bicyclic) bond motifs is 1. The first kappa shape index (κ1) is 23.2. The maximum Gasteiger partial charge on any atom is 0.306 e. The zero-order chi connectivity index (χ0) is 24.4. The molecule has 2 heterocycles. The molecule has 0 radical (unpaired) electrons. The Morgan fingerprint density at radius 2 is 1.86 bits per heavy atom. The van der Waals surface area contributed by atoms with Crippen LogP contribution >= 0.6 is 0 Å². The van der Waals surface area contributed by atoms with Gasteiger partial charge in [0.05, 0.1) is 20.1 Å². The van der Waals surface area contributed by atoms with Crippen molar-refractivity contribution in [3.05, 3.63) is 76.9 Å². The van der Waals surface area contributed by atoms with Crippen LogP contribution < -0.4 is 19.5 Å². The Balaban J connectivity index is 1.40. The molecule has 1 N–H and O–H groups in total. The van der Waals surface area contributed by atoms with Crippen LogP contribution in [0.2, 0.25) is 0 Å². The molecule has 2 aliphatic heterocycles. The third kappa shape index (κ3) is 4.84. The van der Waals surface area contributed by atoms with Crippen molar-refractivity contribution in [3.63, 3.8) is 0 Å². The van der Waals surface area contributed by atoms with Crippen LogP contribution in [0.5, 0.6) is 17.2 Å². The van der Waals surface area contributed by atoms with Gasteiger partial charge in [0.1, 0.15) is 30.0 Å². The molecule has 35 heavy (non-hydrogen) atoms. The quantitative estimate of drug-likeness (QED) is 0.468. The molecule has 6 heteroatoms. The van der Waals surface area contributed by atoms with Crippen LogP contribution in [-0.4, -0.2) is 38.9 Å². The van der Waals surface area contributed by atoms with Gasteiger partial charge in [0.25, 0.3) is 0 Å². The summed E-state index contributed by atoms with van der Waals surface area (Å²) in [5.74, 6) is 2.19. The van der Waals surface area contributed by atoms with Crippen molar-refractivity contribution in [2.75, 3.05) is 26.8 Å². The van der Waals surface area contributed by atoms with E-state index in [1.54, 1.807) is 0 Å². The average molecular weight is 474 g/mol. The molecule has 0 bridgehead atoms. The van der Waals surface area contributed by atoms with E-state index >= 15 is 0 Å². The summed E-state index contributed by atoms with van der Waals surface area (Å²) in [6.45, 7) is 6.87. The van der Waals surface area contributed by atoms with Crippen molar-refractivity contribution in [3.8, 4) is 28.4 Å². The van der Waals surface area contributed by atoms with E-state index in [1.165, 1.54) is 12.7 Å². The predicted octanol–water partition coefficient (Wildman–Crippen LogP) is 4.94. The monoisotopic (exact) mass is 473 g/mol. The molecule has 1 saturated heterocycles. The molecule has 0 amide bonds. The fourth-order valence-electron chi connectivity index (χ4n) is 4.68. The average Bonchev–Trinajstić information content (AvgIpc) is 3.24. The summed E-state index contributed by atoms with van der Waals surface area (Å²) >= 11 is 0. The summed E-state index contributed by atoms with van der Waals surface area (Å²) in [5.41, 5.74) is 6.74. The molecule has 0 spiro atoms. The van der Waals surface area contributed by atoms with Gasteiger partial charge in [-0.05, 0) is 53.8 Å². The maximum absolute atomic E-state index is 11.7. The van der Waals surface area contributed by atoms with Crippen LogP contribution in [0.15, 0.2) is 54.6 Å². The van der Waals surface area contributed by atoms with E-state index < -0.39 is 0 Å². The molecule has 6 nitrogen and oxygen atoms in total. The van der Waals surface area contributed by atoms with Gasteiger partial charge in [-0.15, -0.1) is 0 Å². The van der Waals surface area contributed by atoms with E-state index in [0.717, 1.165) is 58.2 Å². The van der Waals surface area contributed by atoms with Gasteiger partial charge in [-0.25, -0.2) is 0 Å². The van der Waals surface area contributed by atoms with Crippen LogP contribution in [0.3, 0.4) is 0 Å². The minimum atomic E-state index is -0.230. The van der Waals surface area contributed by atoms with Gasteiger partial charge in [-0.3, -0.25) is 4.79 Å². The first-order valence-corrected chi connectivity index (χ1v) is 12.1. The number of benzene rings is 3. The Bertz CT molecular complexity index is 1220. The predicted molar refractivity (Wildman–Crippen MR) is 134 cm³/mol. The lowest BCUT2D eigenvalue weighted by Gasteiger charge is -2.30. The molecule has 182 valence electrons. The van der Waals surface area contributed by atoms with Gasteiger partial charge in [0.2, 0.25) is 0 Å². The third-order valence-corrected chi connectivity index (χ3v) is 6.97. The van der Waals surface area contributed by atoms with Crippen molar-refractivity contribution >= 4 is 5.97 Å². The smallest absolute Gasteiger partial charge is 0.306 e. The number of nitrogens with one attached hydrogen (secondary N) is 1. The second kappa shape index (κ2) is 10.0. The molecule has 5 rings (SSSR count). The zero-order valence-electron chi connectivity index (χ0n) is 20.4. The van der Waals surface area contributed by atoms with Gasteiger partial charge in [-0.1, -0.05) is 36.4 Å². The molecule has 1 fully saturated rings. The van der Waals surface area contributed by atoms with E-state index in [4.69, 9.17) is 18.9 Å². The maximum atomic E-state index is 11.7. The number of hydrogen-bond acceptors (Lipinski definition) is 6. The Labute approximate surface area is 206 Å². The third-order valence-electron chi connectivity index (χ3n) is 6.97. The summed E-state index contributed by atoms with van der Waals surface area (Å²) in [6, 6.07) is 18.4. The van der Waals surface area contributed by atoms with Gasteiger partial charge >= 0.3 is 5.97 Å².